The number of hydrogen-bond acceptors (Lipinski definition) is 2. The normalized spacial score (nSPS) is 22.3. The van der Waals surface area contributed by atoms with Crippen molar-refractivity contribution in [1.82, 2.24) is 0 Å². The Hall–Kier alpha value is -1.58. The minimum atomic E-state index is -0.575. The van der Waals surface area contributed by atoms with E-state index in [9.17, 15) is 8.78 Å². The second-order valence-electron chi connectivity index (χ2n) is 4.24. The van der Waals surface area contributed by atoms with Crippen molar-refractivity contribution in [3.05, 3.63) is 41.7 Å². The maximum atomic E-state index is 13.6. The zero-order valence-corrected chi connectivity index (χ0v) is 9.67. The van der Waals surface area contributed by atoms with Crippen molar-refractivity contribution in [2.45, 2.75) is 19.3 Å². The summed E-state index contributed by atoms with van der Waals surface area (Å²) in [6.45, 7) is 6.20. The van der Waals surface area contributed by atoms with Gasteiger partial charge in [-0.1, -0.05) is 6.58 Å². The van der Waals surface area contributed by atoms with Crippen molar-refractivity contribution >= 4 is 5.69 Å². The third kappa shape index (κ3) is 2.25. The molecule has 0 amide bonds. The van der Waals surface area contributed by atoms with E-state index < -0.39 is 11.6 Å². The average molecular weight is 239 g/mol. The molecule has 1 aromatic carbocycles. The first kappa shape index (κ1) is 11.9. The number of hydrogen-bond donors (Lipinski definition) is 1. The molecule has 92 valence electrons. The van der Waals surface area contributed by atoms with Crippen LogP contribution in [0.2, 0.25) is 0 Å². The molecule has 17 heavy (non-hydrogen) atoms. The van der Waals surface area contributed by atoms with Gasteiger partial charge in [-0.05, 0) is 30.9 Å². The van der Waals surface area contributed by atoms with Gasteiger partial charge in [-0.3, -0.25) is 0 Å². The van der Waals surface area contributed by atoms with E-state index in [1.807, 2.05) is 6.92 Å². The molecule has 1 fully saturated rings. The minimum absolute atomic E-state index is 0.0378. The van der Waals surface area contributed by atoms with Crippen molar-refractivity contribution in [3.8, 4) is 0 Å². The first-order valence-corrected chi connectivity index (χ1v) is 5.60. The van der Waals surface area contributed by atoms with Crippen LogP contribution >= 0.6 is 0 Å². The fourth-order valence-corrected chi connectivity index (χ4v) is 2.05. The monoisotopic (exact) mass is 239 g/mol. The molecule has 0 heterocycles. The Bertz CT molecular complexity index is 459. The highest BCUT2D eigenvalue weighted by Crippen LogP contribution is 2.52. The van der Waals surface area contributed by atoms with Crippen molar-refractivity contribution in [1.29, 1.82) is 0 Å². The van der Waals surface area contributed by atoms with E-state index in [1.165, 1.54) is 6.07 Å². The van der Waals surface area contributed by atoms with Crippen LogP contribution in [0.4, 0.5) is 14.5 Å². The zero-order chi connectivity index (χ0) is 12.6. The van der Waals surface area contributed by atoms with Crippen LogP contribution < -0.4 is 5.73 Å². The number of ether oxygens (including phenoxy) is 1. The lowest BCUT2D eigenvalue weighted by Gasteiger charge is -2.07. The summed E-state index contributed by atoms with van der Waals surface area (Å²) in [7, 11) is 0. The van der Waals surface area contributed by atoms with Gasteiger partial charge in [0.2, 0.25) is 0 Å². The van der Waals surface area contributed by atoms with Gasteiger partial charge >= 0.3 is 0 Å². The summed E-state index contributed by atoms with van der Waals surface area (Å²) < 4.78 is 32.2. The summed E-state index contributed by atoms with van der Waals surface area (Å²) in [6, 6.07) is 2.21. The smallest absolute Gasteiger partial charge is 0.146 e. The maximum absolute atomic E-state index is 13.6. The lowest BCUT2D eigenvalue weighted by Crippen LogP contribution is -1.99. The second kappa shape index (κ2) is 4.35. The minimum Gasteiger partial charge on any atom is -0.499 e. The largest absolute Gasteiger partial charge is 0.499 e. The van der Waals surface area contributed by atoms with Crippen LogP contribution in [0.25, 0.3) is 0 Å². The lowest BCUT2D eigenvalue weighted by atomic mass is 10.1. The fraction of sp³-hybridized carbons (Fsp3) is 0.385. The number of anilines is 1. The molecule has 2 nitrogen and oxygen atoms in total. The van der Waals surface area contributed by atoms with Gasteiger partial charge in [-0.25, -0.2) is 8.78 Å². The van der Waals surface area contributed by atoms with Gasteiger partial charge in [0.1, 0.15) is 11.6 Å². The molecule has 0 bridgehead atoms. The van der Waals surface area contributed by atoms with E-state index in [-0.39, 0.29) is 17.5 Å². The molecule has 0 aliphatic heterocycles. The van der Waals surface area contributed by atoms with Gasteiger partial charge in [0, 0.05) is 12.0 Å². The van der Waals surface area contributed by atoms with E-state index in [0.717, 1.165) is 12.5 Å². The molecule has 0 spiro atoms. The highest BCUT2D eigenvalue weighted by atomic mass is 19.1. The van der Waals surface area contributed by atoms with Crippen molar-refractivity contribution < 1.29 is 13.5 Å². The first-order chi connectivity index (χ1) is 8.04. The zero-order valence-electron chi connectivity index (χ0n) is 9.67. The van der Waals surface area contributed by atoms with Crippen LogP contribution in [0.3, 0.4) is 0 Å². The van der Waals surface area contributed by atoms with Gasteiger partial charge in [0.05, 0.1) is 18.1 Å². The van der Waals surface area contributed by atoms with E-state index in [4.69, 9.17) is 10.5 Å². The molecular weight excluding hydrogens is 224 g/mol. The molecule has 2 rings (SSSR count). The number of benzene rings is 1. The highest BCUT2D eigenvalue weighted by Gasteiger charge is 2.43. The SMILES string of the molecule is C=C(OCC)C1CC1c1cc(F)c(N)cc1F. The predicted molar refractivity (Wildman–Crippen MR) is 62.4 cm³/mol. The molecule has 0 radical (unpaired) electrons. The van der Waals surface area contributed by atoms with Gasteiger partial charge in [0.25, 0.3) is 0 Å². The number of halogens is 2. The summed E-state index contributed by atoms with van der Waals surface area (Å²) in [6.07, 6.45) is 0.749. The number of nitrogen functional groups attached to an aromatic ring is 1. The Balaban J connectivity index is 2.16. The second-order valence-corrected chi connectivity index (χ2v) is 4.24. The Morgan fingerprint density at radius 2 is 2.18 bits per heavy atom. The molecule has 1 aromatic rings. The summed E-state index contributed by atoms with van der Waals surface area (Å²) in [5.41, 5.74) is 5.50. The van der Waals surface area contributed by atoms with Crippen molar-refractivity contribution in [2.75, 3.05) is 12.3 Å². The summed E-state index contributed by atoms with van der Waals surface area (Å²) >= 11 is 0. The van der Waals surface area contributed by atoms with Gasteiger partial charge in [-0.15, -0.1) is 0 Å². The number of nitrogens with two attached hydrogens (primary N) is 1. The van der Waals surface area contributed by atoms with Gasteiger partial charge < -0.3 is 10.5 Å². The Morgan fingerprint density at radius 3 is 2.82 bits per heavy atom. The first-order valence-electron chi connectivity index (χ1n) is 5.60. The van der Waals surface area contributed by atoms with Crippen LogP contribution in [-0.2, 0) is 4.74 Å². The van der Waals surface area contributed by atoms with Gasteiger partial charge in [0.15, 0.2) is 0 Å². The molecule has 0 aromatic heterocycles. The Morgan fingerprint density at radius 1 is 1.47 bits per heavy atom. The van der Waals surface area contributed by atoms with Crippen LogP contribution in [0.1, 0.15) is 24.8 Å². The molecule has 2 N–H and O–H groups in total. The maximum Gasteiger partial charge on any atom is 0.146 e. The molecule has 4 heteroatoms. The molecule has 2 unspecified atom stereocenters. The molecule has 0 saturated heterocycles. The van der Waals surface area contributed by atoms with Crippen molar-refractivity contribution in [3.63, 3.8) is 0 Å². The Labute approximate surface area is 99.1 Å². The lowest BCUT2D eigenvalue weighted by molar-refractivity contribution is 0.213. The van der Waals surface area contributed by atoms with E-state index in [1.54, 1.807) is 0 Å². The number of allylic oxidation sites excluding steroid dienone is 1. The molecular formula is C13H15F2NO. The molecule has 1 aliphatic rings. The standard InChI is InChI=1S/C13H15F2NO/c1-3-17-7(2)8-4-9(8)10-5-12(15)13(16)6-11(10)14/h5-6,8-9H,2-4,16H2,1H3. The topological polar surface area (TPSA) is 35.2 Å². The van der Waals surface area contributed by atoms with Gasteiger partial charge in [-0.2, -0.15) is 0 Å². The third-order valence-corrected chi connectivity index (χ3v) is 3.05. The predicted octanol–water partition coefficient (Wildman–Crippen LogP) is 3.20. The van der Waals surface area contributed by atoms with Crippen LogP contribution in [0, 0.1) is 17.6 Å². The summed E-state index contributed by atoms with van der Waals surface area (Å²) in [5.74, 6) is -0.333. The molecule has 1 saturated carbocycles. The fourth-order valence-electron chi connectivity index (χ4n) is 2.05. The van der Waals surface area contributed by atoms with Crippen LogP contribution in [0.15, 0.2) is 24.5 Å². The van der Waals surface area contributed by atoms with E-state index in [2.05, 4.69) is 6.58 Å². The van der Waals surface area contributed by atoms with E-state index in [0.29, 0.717) is 17.9 Å². The molecule has 2 atom stereocenters. The summed E-state index contributed by atoms with van der Waals surface area (Å²) in [5, 5.41) is 0. The average Bonchev–Trinajstić information content (AvgIpc) is 3.03. The summed E-state index contributed by atoms with van der Waals surface area (Å²) in [4.78, 5) is 0. The van der Waals surface area contributed by atoms with E-state index >= 15 is 0 Å². The van der Waals surface area contributed by atoms with Crippen molar-refractivity contribution in [2.24, 2.45) is 5.92 Å². The third-order valence-electron chi connectivity index (χ3n) is 3.05. The quantitative estimate of drug-likeness (QED) is 0.647. The Kier molecular flexibility index (Phi) is 3.05. The van der Waals surface area contributed by atoms with Crippen LogP contribution in [-0.4, -0.2) is 6.61 Å². The highest BCUT2D eigenvalue weighted by molar-refractivity contribution is 5.45. The molecule has 1 aliphatic carbocycles. The van der Waals surface area contributed by atoms with Crippen LogP contribution in [0.5, 0.6) is 0 Å². The number of rotatable bonds is 4.